The van der Waals surface area contributed by atoms with Crippen LogP contribution in [0.1, 0.15) is 36.8 Å². The van der Waals surface area contributed by atoms with Gasteiger partial charge in [0.05, 0.1) is 5.75 Å². The topological polar surface area (TPSA) is 25.2 Å². The maximum atomic E-state index is 12.7. The number of rotatable bonds is 5. The highest BCUT2D eigenvalue weighted by Gasteiger charge is 2.17. The summed E-state index contributed by atoms with van der Waals surface area (Å²) in [4.78, 5) is 16.0. The van der Waals surface area contributed by atoms with E-state index in [1.807, 2.05) is 0 Å². The number of carbonyl (C=O) groups is 1. The summed E-state index contributed by atoms with van der Waals surface area (Å²) in [5.74, 6) is 0.806. The average Bonchev–Trinajstić information content (AvgIpc) is 2.87. The normalized spacial score (nSPS) is 15.0. The van der Waals surface area contributed by atoms with Crippen molar-refractivity contribution in [1.82, 2.24) is 9.47 Å². The predicted octanol–water partition coefficient (Wildman–Crippen LogP) is 5.49. The van der Waals surface area contributed by atoms with E-state index in [1.165, 1.54) is 39.8 Å². The molecule has 2 aromatic carbocycles. The second-order valence-corrected chi connectivity index (χ2v) is 8.73. The standard InChI is InChI=1S/C24H28N2OS/c1-19-9-8-10-20(15-19)16-26-17-23(21-11-4-5-12-22(21)26)28-18-24(27)25-13-6-2-3-7-14-25/h4-5,8-12,15,17H,2-3,6-7,13-14,16,18H2,1H3. The average molecular weight is 393 g/mol. The van der Waals surface area contributed by atoms with Crippen LogP contribution in [-0.4, -0.2) is 34.2 Å². The number of fused-ring (bicyclic) bond motifs is 1. The van der Waals surface area contributed by atoms with Gasteiger partial charge in [0, 0.05) is 41.6 Å². The lowest BCUT2D eigenvalue weighted by Gasteiger charge is -2.19. The van der Waals surface area contributed by atoms with E-state index in [0.717, 1.165) is 32.5 Å². The zero-order chi connectivity index (χ0) is 19.3. The smallest absolute Gasteiger partial charge is 0.232 e. The first-order valence-corrected chi connectivity index (χ1v) is 11.2. The molecule has 0 bridgehead atoms. The quantitative estimate of drug-likeness (QED) is 0.536. The summed E-state index contributed by atoms with van der Waals surface area (Å²) in [7, 11) is 0. The van der Waals surface area contributed by atoms with Gasteiger partial charge in [0.1, 0.15) is 0 Å². The van der Waals surface area contributed by atoms with Gasteiger partial charge < -0.3 is 9.47 Å². The largest absolute Gasteiger partial charge is 0.342 e. The number of amides is 1. The summed E-state index contributed by atoms with van der Waals surface area (Å²) in [6, 6.07) is 17.2. The Hall–Kier alpha value is -2.20. The van der Waals surface area contributed by atoms with Crippen molar-refractivity contribution >= 4 is 28.6 Å². The van der Waals surface area contributed by atoms with E-state index in [-0.39, 0.29) is 5.91 Å². The summed E-state index contributed by atoms with van der Waals surface area (Å²) in [6.07, 6.45) is 7.01. The molecule has 4 heteroatoms. The van der Waals surface area contributed by atoms with E-state index < -0.39 is 0 Å². The number of para-hydroxylation sites is 1. The number of aromatic nitrogens is 1. The fourth-order valence-electron chi connectivity index (χ4n) is 4.02. The molecule has 0 unspecified atom stereocenters. The van der Waals surface area contributed by atoms with Crippen LogP contribution in [0, 0.1) is 6.92 Å². The van der Waals surface area contributed by atoms with E-state index in [4.69, 9.17) is 0 Å². The summed E-state index contributed by atoms with van der Waals surface area (Å²) in [5.41, 5.74) is 3.82. The van der Waals surface area contributed by atoms with Crippen molar-refractivity contribution in [1.29, 1.82) is 0 Å². The van der Waals surface area contributed by atoms with E-state index in [2.05, 4.69) is 71.1 Å². The molecule has 0 radical (unpaired) electrons. The maximum Gasteiger partial charge on any atom is 0.232 e. The molecule has 2 heterocycles. The van der Waals surface area contributed by atoms with Gasteiger partial charge in [0.25, 0.3) is 0 Å². The predicted molar refractivity (Wildman–Crippen MR) is 118 cm³/mol. The molecule has 1 aliphatic rings. The van der Waals surface area contributed by atoms with Gasteiger partial charge in [0.15, 0.2) is 0 Å². The number of nitrogens with zero attached hydrogens (tertiary/aromatic N) is 2. The van der Waals surface area contributed by atoms with Crippen LogP contribution in [0.25, 0.3) is 10.9 Å². The second kappa shape index (κ2) is 8.87. The van der Waals surface area contributed by atoms with Gasteiger partial charge in [-0.25, -0.2) is 0 Å². The van der Waals surface area contributed by atoms with Gasteiger partial charge in [-0.05, 0) is 31.4 Å². The van der Waals surface area contributed by atoms with E-state index >= 15 is 0 Å². The van der Waals surface area contributed by atoms with Gasteiger partial charge in [-0.2, -0.15) is 0 Å². The molecule has 1 amide bonds. The van der Waals surface area contributed by atoms with E-state index in [9.17, 15) is 4.79 Å². The minimum atomic E-state index is 0.280. The van der Waals surface area contributed by atoms with Crippen molar-refractivity contribution in [3.8, 4) is 0 Å². The molecular formula is C24H28N2OS. The Balaban J connectivity index is 1.51. The molecule has 0 N–H and O–H groups in total. The first kappa shape index (κ1) is 19.1. The number of thioether (sulfide) groups is 1. The molecule has 28 heavy (non-hydrogen) atoms. The molecular weight excluding hydrogens is 364 g/mol. The Labute approximate surface area is 171 Å². The summed E-state index contributed by atoms with van der Waals surface area (Å²) >= 11 is 1.68. The van der Waals surface area contributed by atoms with Gasteiger partial charge >= 0.3 is 0 Å². The molecule has 1 saturated heterocycles. The molecule has 3 nitrogen and oxygen atoms in total. The zero-order valence-electron chi connectivity index (χ0n) is 16.6. The molecule has 0 spiro atoms. The number of likely N-dealkylation sites (tertiary alicyclic amines) is 1. The van der Waals surface area contributed by atoms with Gasteiger partial charge in [-0.1, -0.05) is 60.9 Å². The Morgan fingerprint density at radius 1 is 1.00 bits per heavy atom. The highest BCUT2D eigenvalue weighted by molar-refractivity contribution is 8.00. The molecule has 0 aliphatic carbocycles. The summed E-state index contributed by atoms with van der Waals surface area (Å²) in [6.45, 7) is 4.83. The fourth-order valence-corrected chi connectivity index (χ4v) is 5.01. The fraction of sp³-hybridized carbons (Fsp3) is 0.375. The molecule has 1 aliphatic heterocycles. The van der Waals surface area contributed by atoms with Crippen LogP contribution in [0.4, 0.5) is 0 Å². The van der Waals surface area contributed by atoms with Crippen LogP contribution in [0.15, 0.2) is 59.6 Å². The van der Waals surface area contributed by atoms with Crippen molar-refractivity contribution in [2.24, 2.45) is 0 Å². The number of hydrogen-bond acceptors (Lipinski definition) is 2. The Bertz CT molecular complexity index is 954. The second-order valence-electron chi connectivity index (χ2n) is 7.71. The van der Waals surface area contributed by atoms with Gasteiger partial charge in [-0.3, -0.25) is 4.79 Å². The molecule has 3 aromatic rings. The SMILES string of the molecule is Cc1cccc(Cn2cc(SCC(=O)N3CCCCCC3)c3ccccc32)c1. The lowest BCUT2D eigenvalue weighted by atomic mass is 10.1. The first-order chi connectivity index (χ1) is 13.7. The third-order valence-corrected chi connectivity index (χ3v) is 6.52. The van der Waals surface area contributed by atoms with Crippen molar-refractivity contribution in [2.45, 2.75) is 44.0 Å². The Kier molecular flexibility index (Phi) is 6.06. The number of hydrogen-bond donors (Lipinski definition) is 0. The van der Waals surface area contributed by atoms with Crippen molar-refractivity contribution < 1.29 is 4.79 Å². The Morgan fingerprint density at radius 2 is 1.79 bits per heavy atom. The summed E-state index contributed by atoms with van der Waals surface area (Å²) < 4.78 is 2.31. The Morgan fingerprint density at radius 3 is 2.57 bits per heavy atom. The minimum absolute atomic E-state index is 0.280. The van der Waals surface area contributed by atoms with E-state index in [1.54, 1.807) is 11.8 Å². The molecule has 0 atom stereocenters. The molecule has 0 saturated carbocycles. The highest BCUT2D eigenvalue weighted by Crippen LogP contribution is 2.31. The van der Waals surface area contributed by atoms with Gasteiger partial charge in [0.2, 0.25) is 5.91 Å². The third kappa shape index (κ3) is 4.44. The van der Waals surface area contributed by atoms with Crippen molar-refractivity contribution in [3.63, 3.8) is 0 Å². The number of aryl methyl sites for hydroxylation is 1. The summed E-state index contributed by atoms with van der Waals surface area (Å²) in [5, 5.41) is 1.24. The van der Waals surface area contributed by atoms with Gasteiger partial charge in [-0.15, -0.1) is 11.8 Å². The minimum Gasteiger partial charge on any atom is -0.342 e. The van der Waals surface area contributed by atoms with Crippen molar-refractivity contribution in [2.75, 3.05) is 18.8 Å². The number of benzene rings is 2. The lowest BCUT2D eigenvalue weighted by molar-refractivity contribution is -0.128. The molecule has 4 rings (SSSR count). The zero-order valence-corrected chi connectivity index (χ0v) is 17.4. The van der Waals surface area contributed by atoms with E-state index in [0.29, 0.717) is 5.75 Å². The lowest BCUT2D eigenvalue weighted by Crippen LogP contribution is -2.33. The first-order valence-electron chi connectivity index (χ1n) is 10.2. The molecule has 146 valence electrons. The number of carbonyl (C=O) groups excluding carboxylic acids is 1. The van der Waals surface area contributed by atoms with Crippen LogP contribution in [-0.2, 0) is 11.3 Å². The van der Waals surface area contributed by atoms with Crippen LogP contribution >= 0.6 is 11.8 Å². The van der Waals surface area contributed by atoms with Crippen LogP contribution in [0.2, 0.25) is 0 Å². The maximum absolute atomic E-state index is 12.7. The van der Waals surface area contributed by atoms with Crippen LogP contribution < -0.4 is 0 Å². The molecule has 1 aromatic heterocycles. The van der Waals surface area contributed by atoms with Crippen molar-refractivity contribution in [3.05, 3.63) is 65.9 Å². The highest BCUT2D eigenvalue weighted by atomic mass is 32.2. The van der Waals surface area contributed by atoms with Crippen LogP contribution in [0.3, 0.4) is 0 Å². The van der Waals surface area contributed by atoms with Crippen LogP contribution in [0.5, 0.6) is 0 Å². The monoisotopic (exact) mass is 392 g/mol. The molecule has 1 fully saturated rings. The third-order valence-electron chi connectivity index (χ3n) is 5.50.